The maximum Gasteiger partial charge on any atom is 0.312 e. The highest BCUT2D eigenvalue weighted by molar-refractivity contribution is 6.31. The van der Waals surface area contributed by atoms with E-state index in [-0.39, 0.29) is 5.92 Å². The molecule has 0 amide bonds. The minimum absolute atomic E-state index is 0.384. The Morgan fingerprint density at radius 2 is 2.28 bits per heavy atom. The fourth-order valence-corrected chi connectivity index (χ4v) is 3.25. The van der Waals surface area contributed by atoms with Gasteiger partial charge in [0.15, 0.2) is 0 Å². The van der Waals surface area contributed by atoms with Crippen molar-refractivity contribution in [1.29, 1.82) is 0 Å². The van der Waals surface area contributed by atoms with Gasteiger partial charge in [0.05, 0.1) is 5.92 Å². The van der Waals surface area contributed by atoms with Crippen molar-refractivity contribution in [2.75, 3.05) is 0 Å². The first kappa shape index (κ1) is 11.6. The summed E-state index contributed by atoms with van der Waals surface area (Å²) >= 11 is 6.04. The van der Waals surface area contributed by atoms with Crippen LogP contribution in [0.25, 0.3) is 10.9 Å². The van der Waals surface area contributed by atoms with Gasteiger partial charge in [0.2, 0.25) is 0 Å². The van der Waals surface area contributed by atoms with Crippen LogP contribution in [-0.2, 0) is 18.3 Å². The number of aliphatic carboxylic acids is 1. The quantitative estimate of drug-likeness (QED) is 0.857. The third-order valence-electron chi connectivity index (χ3n) is 3.86. The number of hydrogen-bond donors (Lipinski definition) is 1. The van der Waals surface area contributed by atoms with Crippen molar-refractivity contribution in [1.82, 2.24) is 4.57 Å². The monoisotopic (exact) mass is 263 g/mol. The summed E-state index contributed by atoms with van der Waals surface area (Å²) in [6, 6.07) is 5.76. The summed E-state index contributed by atoms with van der Waals surface area (Å²) < 4.78 is 2.01. The van der Waals surface area contributed by atoms with E-state index in [0.29, 0.717) is 5.02 Å². The van der Waals surface area contributed by atoms with Crippen LogP contribution < -0.4 is 0 Å². The molecule has 0 fully saturated rings. The number of rotatable bonds is 1. The first-order valence-corrected chi connectivity index (χ1v) is 6.47. The van der Waals surface area contributed by atoms with E-state index in [0.717, 1.165) is 41.4 Å². The number of benzene rings is 1. The minimum Gasteiger partial charge on any atom is -0.481 e. The van der Waals surface area contributed by atoms with E-state index in [1.807, 2.05) is 29.8 Å². The second kappa shape index (κ2) is 4.02. The second-order valence-corrected chi connectivity index (χ2v) is 5.30. The summed E-state index contributed by atoms with van der Waals surface area (Å²) in [5, 5.41) is 11.2. The molecule has 0 aliphatic heterocycles. The maximum absolute atomic E-state index is 11.4. The number of carbonyl (C=O) groups is 1. The molecule has 1 aromatic heterocycles. The molecule has 0 saturated heterocycles. The van der Waals surface area contributed by atoms with Gasteiger partial charge in [0.1, 0.15) is 0 Å². The topological polar surface area (TPSA) is 42.2 Å². The zero-order valence-corrected chi connectivity index (χ0v) is 10.9. The predicted octanol–water partition coefficient (Wildman–Crippen LogP) is 3.34. The zero-order chi connectivity index (χ0) is 12.9. The van der Waals surface area contributed by atoms with Crippen molar-refractivity contribution < 1.29 is 9.90 Å². The average molecular weight is 264 g/mol. The highest BCUT2D eigenvalue weighted by atomic mass is 35.5. The molecule has 0 radical (unpaired) electrons. The van der Waals surface area contributed by atoms with Gasteiger partial charge in [0.25, 0.3) is 0 Å². The van der Waals surface area contributed by atoms with Gasteiger partial charge in [-0.05, 0) is 43.0 Å². The van der Waals surface area contributed by atoms with Crippen LogP contribution >= 0.6 is 11.6 Å². The Balaban J connectivity index is 2.34. The third kappa shape index (κ3) is 1.54. The Kier molecular flexibility index (Phi) is 2.59. The molecule has 3 rings (SSSR count). The fourth-order valence-electron chi connectivity index (χ4n) is 3.08. The van der Waals surface area contributed by atoms with Gasteiger partial charge in [-0.3, -0.25) is 4.79 Å². The Labute approximate surface area is 110 Å². The van der Waals surface area contributed by atoms with Gasteiger partial charge >= 0.3 is 5.97 Å². The van der Waals surface area contributed by atoms with Gasteiger partial charge in [-0.2, -0.15) is 0 Å². The standard InChI is InChI=1S/C14H14ClNO2/c1-16-12-6-5-8(15)7-11(12)9-3-2-4-10(13(9)16)14(17)18/h5-7,10H,2-4H2,1H3,(H,17,18). The van der Waals surface area contributed by atoms with E-state index >= 15 is 0 Å². The lowest BCUT2D eigenvalue weighted by molar-refractivity contribution is -0.139. The Morgan fingerprint density at radius 1 is 1.50 bits per heavy atom. The van der Waals surface area contributed by atoms with Crippen LogP contribution in [-0.4, -0.2) is 15.6 Å². The SMILES string of the molecule is Cn1c2c(c3cc(Cl)ccc31)CCCC2C(=O)O. The molecule has 0 saturated carbocycles. The van der Waals surface area contributed by atoms with Crippen LogP contribution in [0.5, 0.6) is 0 Å². The number of carboxylic acid groups (broad SMARTS) is 1. The molecule has 1 heterocycles. The molecule has 1 aliphatic rings. The van der Waals surface area contributed by atoms with Crippen molar-refractivity contribution in [2.45, 2.75) is 25.2 Å². The number of aryl methyl sites for hydroxylation is 2. The van der Waals surface area contributed by atoms with Crippen LogP contribution in [0.4, 0.5) is 0 Å². The number of fused-ring (bicyclic) bond motifs is 3. The van der Waals surface area contributed by atoms with Crippen LogP contribution in [0, 0.1) is 0 Å². The number of aromatic nitrogens is 1. The summed E-state index contributed by atoms with van der Waals surface area (Å²) in [5.74, 6) is -1.11. The first-order valence-electron chi connectivity index (χ1n) is 6.09. The minimum atomic E-state index is -0.729. The van der Waals surface area contributed by atoms with E-state index in [1.165, 1.54) is 0 Å². The molecular formula is C14H14ClNO2. The lowest BCUT2D eigenvalue weighted by atomic mass is 9.87. The van der Waals surface area contributed by atoms with Crippen molar-refractivity contribution >= 4 is 28.5 Å². The first-order chi connectivity index (χ1) is 8.59. The highest BCUT2D eigenvalue weighted by Crippen LogP contribution is 2.38. The molecule has 4 heteroatoms. The molecule has 0 bridgehead atoms. The van der Waals surface area contributed by atoms with Crippen LogP contribution in [0.2, 0.25) is 5.02 Å². The molecular weight excluding hydrogens is 250 g/mol. The number of hydrogen-bond acceptors (Lipinski definition) is 1. The third-order valence-corrected chi connectivity index (χ3v) is 4.10. The predicted molar refractivity (Wildman–Crippen MR) is 71.2 cm³/mol. The van der Waals surface area contributed by atoms with Gasteiger partial charge in [-0.1, -0.05) is 11.6 Å². The van der Waals surface area contributed by atoms with E-state index in [9.17, 15) is 9.90 Å². The maximum atomic E-state index is 11.4. The molecule has 1 N–H and O–H groups in total. The van der Waals surface area contributed by atoms with Crippen molar-refractivity contribution in [3.05, 3.63) is 34.5 Å². The molecule has 1 unspecified atom stereocenters. The van der Waals surface area contributed by atoms with Crippen LogP contribution in [0.15, 0.2) is 18.2 Å². The fraction of sp³-hybridized carbons (Fsp3) is 0.357. The van der Waals surface area contributed by atoms with Gasteiger partial charge < -0.3 is 9.67 Å². The lowest BCUT2D eigenvalue weighted by Crippen LogP contribution is -2.20. The van der Waals surface area contributed by atoms with Gasteiger partial charge in [-0.25, -0.2) is 0 Å². The van der Waals surface area contributed by atoms with E-state index in [1.54, 1.807) is 0 Å². The normalized spacial score (nSPS) is 18.9. The largest absolute Gasteiger partial charge is 0.481 e. The number of carboxylic acids is 1. The van der Waals surface area contributed by atoms with Crippen LogP contribution in [0.1, 0.15) is 30.0 Å². The van der Waals surface area contributed by atoms with Crippen molar-refractivity contribution in [3.8, 4) is 0 Å². The Morgan fingerprint density at radius 3 is 3.00 bits per heavy atom. The molecule has 18 heavy (non-hydrogen) atoms. The molecule has 94 valence electrons. The zero-order valence-electron chi connectivity index (χ0n) is 10.1. The molecule has 1 aliphatic carbocycles. The highest BCUT2D eigenvalue weighted by Gasteiger charge is 2.31. The van der Waals surface area contributed by atoms with E-state index in [2.05, 4.69) is 0 Å². The van der Waals surface area contributed by atoms with E-state index < -0.39 is 5.97 Å². The molecule has 0 spiro atoms. The second-order valence-electron chi connectivity index (χ2n) is 4.87. The summed E-state index contributed by atoms with van der Waals surface area (Å²) in [5.41, 5.74) is 3.18. The lowest BCUT2D eigenvalue weighted by Gasteiger charge is -2.20. The van der Waals surface area contributed by atoms with Crippen molar-refractivity contribution in [2.24, 2.45) is 7.05 Å². The van der Waals surface area contributed by atoms with Gasteiger partial charge in [0, 0.05) is 28.7 Å². The number of halogens is 1. The molecule has 2 aromatic rings. The van der Waals surface area contributed by atoms with Crippen LogP contribution in [0.3, 0.4) is 0 Å². The summed E-state index contributed by atoms with van der Waals surface area (Å²) in [4.78, 5) is 11.4. The van der Waals surface area contributed by atoms with Crippen molar-refractivity contribution in [3.63, 3.8) is 0 Å². The average Bonchev–Trinajstić information content (AvgIpc) is 2.63. The molecule has 1 aromatic carbocycles. The summed E-state index contributed by atoms with van der Waals surface area (Å²) in [6.07, 6.45) is 2.59. The summed E-state index contributed by atoms with van der Waals surface area (Å²) in [6.45, 7) is 0. The summed E-state index contributed by atoms with van der Waals surface area (Å²) in [7, 11) is 1.94. The number of nitrogens with zero attached hydrogens (tertiary/aromatic N) is 1. The molecule has 1 atom stereocenters. The Bertz CT molecular complexity index is 645. The van der Waals surface area contributed by atoms with E-state index in [4.69, 9.17) is 11.6 Å². The Hall–Kier alpha value is -1.48. The smallest absolute Gasteiger partial charge is 0.312 e. The molecule has 3 nitrogen and oxygen atoms in total. The van der Waals surface area contributed by atoms with Gasteiger partial charge in [-0.15, -0.1) is 0 Å².